The van der Waals surface area contributed by atoms with Crippen LogP contribution in [-0.2, 0) is 12.8 Å². The second-order valence-corrected chi connectivity index (χ2v) is 9.71. The minimum absolute atomic E-state index is 0.103. The molecular weight excluding hydrogens is 450 g/mol. The van der Waals surface area contributed by atoms with Gasteiger partial charge in [0.25, 0.3) is 0 Å². The molecule has 3 heteroatoms. The van der Waals surface area contributed by atoms with Gasteiger partial charge in [-0.2, -0.15) is 0 Å². The maximum absolute atomic E-state index is 6.68. The Morgan fingerprint density at radius 3 is 1.38 bits per heavy atom. The SMILES string of the molecule is Nc1ccc(C(Cc2ccccc2)c2ccc(N)c(C(Cc3ccccc3)c3ccc(N)cc3)c2)cc1. The van der Waals surface area contributed by atoms with E-state index in [4.69, 9.17) is 17.2 Å². The molecule has 0 aromatic heterocycles. The summed E-state index contributed by atoms with van der Waals surface area (Å²) in [6.45, 7) is 0. The minimum atomic E-state index is 0.103. The van der Waals surface area contributed by atoms with Crippen molar-refractivity contribution >= 4 is 17.1 Å². The van der Waals surface area contributed by atoms with Gasteiger partial charge in [0.1, 0.15) is 0 Å². The summed E-state index contributed by atoms with van der Waals surface area (Å²) in [4.78, 5) is 0. The van der Waals surface area contributed by atoms with Gasteiger partial charge in [-0.05, 0) is 76.6 Å². The van der Waals surface area contributed by atoms with Crippen molar-refractivity contribution in [3.05, 3.63) is 161 Å². The third-order valence-corrected chi connectivity index (χ3v) is 7.13. The van der Waals surface area contributed by atoms with Crippen LogP contribution in [-0.4, -0.2) is 0 Å². The summed E-state index contributed by atoms with van der Waals surface area (Å²) in [6.07, 6.45) is 1.74. The standard InChI is InChI=1S/C34H33N3/c35-29-16-11-26(12-17-29)31(21-24-7-3-1-4-8-24)28-15-20-34(37)33(23-28)32(22-25-9-5-2-6-10-25)27-13-18-30(36)19-14-27/h1-20,23,31-32H,21-22,35-37H2. The molecule has 0 fully saturated rings. The number of nitrogens with two attached hydrogens (primary N) is 3. The Morgan fingerprint density at radius 2 is 0.865 bits per heavy atom. The van der Waals surface area contributed by atoms with E-state index in [2.05, 4.69) is 103 Å². The van der Waals surface area contributed by atoms with Gasteiger partial charge >= 0.3 is 0 Å². The molecule has 5 aromatic rings. The normalized spacial score (nSPS) is 12.6. The van der Waals surface area contributed by atoms with E-state index >= 15 is 0 Å². The molecule has 0 spiro atoms. The Bertz CT molecular complexity index is 1430. The van der Waals surface area contributed by atoms with Gasteiger partial charge in [0.2, 0.25) is 0 Å². The molecule has 0 aliphatic rings. The van der Waals surface area contributed by atoms with E-state index in [9.17, 15) is 0 Å². The predicted octanol–water partition coefficient (Wildman–Crippen LogP) is 7.18. The molecule has 0 radical (unpaired) electrons. The number of nitrogen functional groups attached to an aromatic ring is 3. The molecule has 184 valence electrons. The van der Waals surface area contributed by atoms with Gasteiger partial charge in [0.15, 0.2) is 0 Å². The maximum Gasteiger partial charge on any atom is 0.0353 e. The summed E-state index contributed by atoms with van der Waals surface area (Å²) in [7, 11) is 0. The Morgan fingerprint density at radius 1 is 0.432 bits per heavy atom. The molecule has 0 amide bonds. The first-order valence-corrected chi connectivity index (χ1v) is 12.7. The topological polar surface area (TPSA) is 78.1 Å². The lowest BCUT2D eigenvalue weighted by molar-refractivity contribution is 0.782. The van der Waals surface area contributed by atoms with E-state index in [1.165, 1.54) is 27.8 Å². The highest BCUT2D eigenvalue weighted by atomic mass is 14.6. The lowest BCUT2D eigenvalue weighted by Crippen LogP contribution is -2.11. The molecule has 37 heavy (non-hydrogen) atoms. The zero-order valence-corrected chi connectivity index (χ0v) is 20.9. The van der Waals surface area contributed by atoms with Crippen LogP contribution in [0.15, 0.2) is 127 Å². The number of hydrogen-bond donors (Lipinski definition) is 3. The average Bonchev–Trinajstić information content (AvgIpc) is 2.93. The maximum atomic E-state index is 6.68. The van der Waals surface area contributed by atoms with Crippen molar-refractivity contribution in [2.24, 2.45) is 0 Å². The molecule has 2 unspecified atom stereocenters. The van der Waals surface area contributed by atoms with Crippen LogP contribution < -0.4 is 17.2 Å². The monoisotopic (exact) mass is 483 g/mol. The van der Waals surface area contributed by atoms with Gasteiger partial charge in [0, 0.05) is 28.9 Å². The van der Waals surface area contributed by atoms with Crippen molar-refractivity contribution < 1.29 is 0 Å². The highest BCUT2D eigenvalue weighted by molar-refractivity contribution is 5.56. The molecule has 6 N–H and O–H groups in total. The Hall–Kier alpha value is -4.50. The first-order valence-electron chi connectivity index (χ1n) is 12.7. The first-order chi connectivity index (χ1) is 18.1. The predicted molar refractivity (Wildman–Crippen MR) is 157 cm³/mol. The smallest absolute Gasteiger partial charge is 0.0353 e. The van der Waals surface area contributed by atoms with Crippen LogP contribution in [0.5, 0.6) is 0 Å². The largest absolute Gasteiger partial charge is 0.399 e. The lowest BCUT2D eigenvalue weighted by Gasteiger charge is -2.24. The third kappa shape index (κ3) is 5.84. The van der Waals surface area contributed by atoms with Crippen LogP contribution >= 0.6 is 0 Å². The fourth-order valence-corrected chi connectivity index (χ4v) is 5.10. The van der Waals surface area contributed by atoms with Crippen LogP contribution in [0.25, 0.3) is 0 Å². The summed E-state index contributed by atoms with van der Waals surface area (Å²) in [5.41, 5.74) is 28.5. The molecule has 0 aliphatic carbocycles. The van der Waals surface area contributed by atoms with E-state index in [-0.39, 0.29) is 11.8 Å². The van der Waals surface area contributed by atoms with Crippen molar-refractivity contribution in [2.45, 2.75) is 24.7 Å². The van der Waals surface area contributed by atoms with Crippen molar-refractivity contribution in [3.63, 3.8) is 0 Å². The molecule has 5 rings (SSSR count). The van der Waals surface area contributed by atoms with Crippen molar-refractivity contribution in [3.8, 4) is 0 Å². The molecule has 0 saturated carbocycles. The third-order valence-electron chi connectivity index (χ3n) is 7.13. The van der Waals surface area contributed by atoms with Gasteiger partial charge < -0.3 is 17.2 Å². The molecule has 0 saturated heterocycles. The Kier molecular flexibility index (Phi) is 7.23. The highest BCUT2D eigenvalue weighted by Gasteiger charge is 2.22. The van der Waals surface area contributed by atoms with Gasteiger partial charge in [-0.3, -0.25) is 0 Å². The fourth-order valence-electron chi connectivity index (χ4n) is 5.10. The van der Waals surface area contributed by atoms with Crippen LogP contribution in [0.1, 0.15) is 45.2 Å². The Labute approximate surface area is 219 Å². The zero-order chi connectivity index (χ0) is 25.6. The van der Waals surface area contributed by atoms with Gasteiger partial charge in [-0.1, -0.05) is 97.1 Å². The molecule has 3 nitrogen and oxygen atoms in total. The summed E-state index contributed by atoms with van der Waals surface area (Å²) in [6, 6.07) is 44.2. The van der Waals surface area contributed by atoms with Crippen LogP contribution in [0.4, 0.5) is 17.1 Å². The molecular formula is C34H33N3. The lowest BCUT2D eigenvalue weighted by atomic mass is 9.80. The van der Waals surface area contributed by atoms with Gasteiger partial charge in [-0.25, -0.2) is 0 Å². The minimum Gasteiger partial charge on any atom is -0.399 e. The number of benzene rings is 5. The number of hydrogen-bond acceptors (Lipinski definition) is 3. The van der Waals surface area contributed by atoms with E-state index < -0.39 is 0 Å². The molecule has 0 bridgehead atoms. The summed E-state index contributed by atoms with van der Waals surface area (Å²) in [5.74, 6) is 0.276. The quantitative estimate of drug-likeness (QED) is 0.205. The Balaban J connectivity index is 1.60. The van der Waals surface area contributed by atoms with Crippen LogP contribution in [0, 0.1) is 0 Å². The molecule has 5 aromatic carbocycles. The summed E-state index contributed by atoms with van der Waals surface area (Å²) >= 11 is 0. The van der Waals surface area contributed by atoms with Gasteiger partial charge in [-0.15, -0.1) is 0 Å². The molecule has 0 heterocycles. The second-order valence-electron chi connectivity index (χ2n) is 9.71. The van der Waals surface area contributed by atoms with E-state index in [0.29, 0.717) is 0 Å². The fraction of sp³-hybridized carbons (Fsp3) is 0.118. The number of anilines is 3. The van der Waals surface area contributed by atoms with E-state index in [1.54, 1.807) is 0 Å². The van der Waals surface area contributed by atoms with Crippen molar-refractivity contribution in [2.75, 3.05) is 17.2 Å². The molecule has 0 aliphatic heterocycles. The van der Waals surface area contributed by atoms with Crippen molar-refractivity contribution in [1.82, 2.24) is 0 Å². The highest BCUT2D eigenvalue weighted by Crippen LogP contribution is 2.37. The summed E-state index contributed by atoms with van der Waals surface area (Å²) in [5, 5.41) is 0. The number of rotatable bonds is 8. The van der Waals surface area contributed by atoms with E-state index in [0.717, 1.165) is 35.5 Å². The van der Waals surface area contributed by atoms with Crippen LogP contribution in [0.2, 0.25) is 0 Å². The van der Waals surface area contributed by atoms with Crippen LogP contribution in [0.3, 0.4) is 0 Å². The van der Waals surface area contributed by atoms with Crippen molar-refractivity contribution in [1.29, 1.82) is 0 Å². The summed E-state index contributed by atoms with van der Waals surface area (Å²) < 4.78 is 0. The second kappa shape index (κ2) is 11.0. The van der Waals surface area contributed by atoms with E-state index in [1.807, 2.05) is 24.3 Å². The zero-order valence-electron chi connectivity index (χ0n) is 20.9. The first kappa shape index (κ1) is 24.2. The average molecular weight is 484 g/mol. The molecule has 2 atom stereocenters. The van der Waals surface area contributed by atoms with Gasteiger partial charge in [0.05, 0.1) is 0 Å².